The number of carbonyl (C=O) groups is 3. The fourth-order valence-electron chi connectivity index (χ4n) is 2.92. The minimum atomic E-state index is -0.570. The van der Waals surface area contributed by atoms with E-state index in [0.29, 0.717) is 17.9 Å². The molecule has 25 heavy (non-hydrogen) atoms. The third-order valence-electron chi connectivity index (χ3n) is 4.04. The smallest absolute Gasteiger partial charge is 0.412 e. The molecule has 8 heteroatoms. The third-order valence-corrected chi connectivity index (χ3v) is 4.04. The van der Waals surface area contributed by atoms with Gasteiger partial charge in [-0.3, -0.25) is 10.1 Å². The maximum Gasteiger partial charge on any atom is 0.412 e. The zero-order valence-corrected chi connectivity index (χ0v) is 14.5. The first-order valence-corrected chi connectivity index (χ1v) is 8.21. The number of nitrogens with one attached hydrogen (secondary N) is 3. The summed E-state index contributed by atoms with van der Waals surface area (Å²) in [5.41, 5.74) is 0.578. The minimum absolute atomic E-state index is 0.0821. The molecule has 2 heterocycles. The van der Waals surface area contributed by atoms with Crippen molar-refractivity contribution in [3.05, 3.63) is 24.3 Å². The van der Waals surface area contributed by atoms with E-state index in [9.17, 15) is 14.4 Å². The van der Waals surface area contributed by atoms with Crippen LogP contribution in [-0.2, 0) is 9.53 Å². The van der Waals surface area contributed by atoms with Crippen LogP contribution in [0.5, 0.6) is 0 Å². The molecule has 134 valence electrons. The van der Waals surface area contributed by atoms with Gasteiger partial charge in [0.2, 0.25) is 5.91 Å². The van der Waals surface area contributed by atoms with Crippen molar-refractivity contribution in [1.82, 2.24) is 10.2 Å². The first-order valence-electron chi connectivity index (χ1n) is 8.21. The predicted octanol–water partition coefficient (Wildman–Crippen LogP) is 2.14. The van der Waals surface area contributed by atoms with Crippen molar-refractivity contribution in [1.29, 1.82) is 0 Å². The Morgan fingerprint density at radius 3 is 2.32 bits per heavy atom. The molecule has 8 nitrogen and oxygen atoms in total. The lowest BCUT2D eigenvalue weighted by atomic mass is 10.0. The van der Waals surface area contributed by atoms with E-state index in [4.69, 9.17) is 4.74 Å². The van der Waals surface area contributed by atoms with E-state index < -0.39 is 11.7 Å². The number of ether oxygens (including phenoxy) is 1. The number of anilines is 2. The molecule has 1 aromatic rings. The SMILES string of the molecule is CC(C)(C)OC(=O)Nc1ccc(NC(=O)N2CC[C@H]3NC(=O)C32)cc1. The molecule has 2 atom stereocenters. The number of carbonyl (C=O) groups excluding carboxylic acids is 3. The number of amides is 4. The maximum atomic E-state index is 12.3. The zero-order chi connectivity index (χ0) is 18.2. The summed E-state index contributed by atoms with van der Waals surface area (Å²) in [5.74, 6) is -0.102. The lowest BCUT2D eigenvalue weighted by Gasteiger charge is -2.35. The zero-order valence-electron chi connectivity index (χ0n) is 14.5. The highest BCUT2D eigenvalue weighted by Gasteiger charge is 2.49. The molecule has 3 N–H and O–H groups in total. The second-order valence-corrected chi connectivity index (χ2v) is 7.18. The largest absolute Gasteiger partial charge is 0.444 e. The molecule has 0 aliphatic carbocycles. The van der Waals surface area contributed by atoms with Crippen LogP contribution in [-0.4, -0.2) is 47.2 Å². The van der Waals surface area contributed by atoms with Crippen molar-refractivity contribution in [2.75, 3.05) is 17.2 Å². The van der Waals surface area contributed by atoms with Crippen molar-refractivity contribution in [3.63, 3.8) is 0 Å². The van der Waals surface area contributed by atoms with Gasteiger partial charge >= 0.3 is 12.1 Å². The van der Waals surface area contributed by atoms with Crippen LogP contribution in [0.3, 0.4) is 0 Å². The average molecular weight is 346 g/mol. The van der Waals surface area contributed by atoms with E-state index in [0.717, 1.165) is 6.42 Å². The number of benzene rings is 1. The second kappa shape index (κ2) is 6.27. The molecule has 1 aromatic carbocycles. The van der Waals surface area contributed by atoms with Gasteiger partial charge in [0.1, 0.15) is 11.6 Å². The maximum absolute atomic E-state index is 12.3. The highest BCUT2D eigenvalue weighted by Crippen LogP contribution is 2.26. The summed E-state index contributed by atoms with van der Waals surface area (Å²) in [6, 6.07) is 6.13. The van der Waals surface area contributed by atoms with Gasteiger partial charge in [0, 0.05) is 17.9 Å². The summed E-state index contributed by atoms with van der Waals surface area (Å²) >= 11 is 0. The van der Waals surface area contributed by atoms with Crippen molar-refractivity contribution in [2.45, 2.75) is 44.9 Å². The molecule has 2 aliphatic heterocycles. The van der Waals surface area contributed by atoms with Crippen LogP contribution in [0.15, 0.2) is 24.3 Å². The average Bonchev–Trinajstić information content (AvgIpc) is 2.84. The van der Waals surface area contributed by atoms with Crippen LogP contribution in [0.25, 0.3) is 0 Å². The molecular formula is C17H22N4O4. The van der Waals surface area contributed by atoms with Crippen LogP contribution >= 0.6 is 0 Å². The Kier molecular flexibility index (Phi) is 4.28. The van der Waals surface area contributed by atoms with E-state index in [-0.39, 0.29) is 24.0 Å². The van der Waals surface area contributed by atoms with Crippen molar-refractivity contribution in [3.8, 4) is 0 Å². The normalized spacial score (nSPS) is 21.7. The van der Waals surface area contributed by atoms with E-state index in [1.807, 2.05) is 0 Å². The van der Waals surface area contributed by atoms with Crippen LogP contribution in [0.2, 0.25) is 0 Å². The van der Waals surface area contributed by atoms with Crippen molar-refractivity contribution >= 4 is 29.4 Å². The quantitative estimate of drug-likeness (QED) is 0.714. The molecule has 0 aromatic heterocycles. The van der Waals surface area contributed by atoms with Crippen LogP contribution < -0.4 is 16.0 Å². The van der Waals surface area contributed by atoms with Gasteiger partial charge in [-0.2, -0.15) is 0 Å². The first-order chi connectivity index (χ1) is 11.7. The molecule has 4 amide bonds. The summed E-state index contributed by atoms with van der Waals surface area (Å²) in [6.45, 7) is 5.92. The number of hydrogen-bond acceptors (Lipinski definition) is 4. The Balaban J connectivity index is 1.55. The predicted molar refractivity (Wildman–Crippen MR) is 92.4 cm³/mol. The first kappa shape index (κ1) is 17.1. The summed E-state index contributed by atoms with van der Waals surface area (Å²) in [7, 11) is 0. The van der Waals surface area contributed by atoms with Crippen LogP contribution in [0.4, 0.5) is 21.0 Å². The van der Waals surface area contributed by atoms with Crippen molar-refractivity contribution in [2.24, 2.45) is 0 Å². The lowest BCUT2D eigenvalue weighted by molar-refractivity contribution is -0.132. The summed E-state index contributed by atoms with van der Waals surface area (Å²) < 4.78 is 5.18. The van der Waals surface area contributed by atoms with Gasteiger partial charge in [-0.05, 0) is 51.5 Å². The highest BCUT2D eigenvalue weighted by atomic mass is 16.6. The molecule has 2 aliphatic rings. The minimum Gasteiger partial charge on any atom is -0.444 e. The molecule has 2 fully saturated rings. The molecule has 0 bridgehead atoms. The fraction of sp³-hybridized carbons (Fsp3) is 0.471. The Hall–Kier alpha value is -2.77. The number of β-lactam (4-membered cyclic amide) rings is 1. The van der Waals surface area contributed by atoms with Gasteiger partial charge in [-0.1, -0.05) is 0 Å². The van der Waals surface area contributed by atoms with Crippen LogP contribution in [0.1, 0.15) is 27.2 Å². The van der Waals surface area contributed by atoms with Crippen LogP contribution in [0, 0.1) is 0 Å². The fourth-order valence-corrected chi connectivity index (χ4v) is 2.92. The Morgan fingerprint density at radius 1 is 1.16 bits per heavy atom. The Labute approximate surface area is 145 Å². The number of nitrogens with zero attached hydrogens (tertiary/aromatic N) is 1. The van der Waals surface area contributed by atoms with Gasteiger partial charge in [0.25, 0.3) is 0 Å². The molecule has 3 rings (SSSR count). The number of hydrogen-bond donors (Lipinski definition) is 3. The molecular weight excluding hydrogens is 324 g/mol. The Morgan fingerprint density at radius 2 is 1.76 bits per heavy atom. The highest BCUT2D eigenvalue weighted by molar-refractivity contribution is 5.98. The standard InChI is InChI=1S/C17H22N4O4/c1-17(2,3)25-16(24)19-11-6-4-10(5-7-11)18-15(23)21-9-8-12-13(21)14(22)20-12/h4-7,12-13H,8-9H2,1-3H3,(H,18,23)(H,19,24)(H,20,22)/t12-,13?/m1/s1. The summed E-state index contributed by atoms with van der Waals surface area (Å²) in [5, 5.41) is 8.18. The molecule has 0 radical (unpaired) electrons. The Bertz CT molecular complexity index is 696. The molecule has 1 unspecified atom stereocenters. The molecule has 2 saturated heterocycles. The number of fused-ring (bicyclic) bond motifs is 1. The number of urea groups is 1. The van der Waals surface area contributed by atoms with Gasteiger partial charge in [-0.15, -0.1) is 0 Å². The van der Waals surface area contributed by atoms with E-state index in [1.54, 1.807) is 49.9 Å². The van der Waals surface area contributed by atoms with Gasteiger partial charge in [0.15, 0.2) is 0 Å². The van der Waals surface area contributed by atoms with Gasteiger partial charge in [0.05, 0.1) is 6.04 Å². The van der Waals surface area contributed by atoms with Gasteiger partial charge in [-0.25, -0.2) is 9.59 Å². The molecule has 0 spiro atoms. The monoisotopic (exact) mass is 346 g/mol. The van der Waals surface area contributed by atoms with Crippen molar-refractivity contribution < 1.29 is 19.1 Å². The second-order valence-electron chi connectivity index (χ2n) is 7.18. The summed E-state index contributed by atoms with van der Waals surface area (Å²) in [4.78, 5) is 37.1. The van der Waals surface area contributed by atoms with E-state index in [2.05, 4.69) is 16.0 Å². The molecule has 0 saturated carbocycles. The van der Waals surface area contributed by atoms with Gasteiger partial charge < -0.3 is 20.3 Å². The lowest BCUT2D eigenvalue weighted by Crippen LogP contribution is -2.65. The number of likely N-dealkylation sites (tertiary alicyclic amines) is 1. The van der Waals surface area contributed by atoms with E-state index >= 15 is 0 Å². The van der Waals surface area contributed by atoms with E-state index in [1.165, 1.54) is 0 Å². The topological polar surface area (TPSA) is 99.8 Å². The third kappa shape index (κ3) is 3.84. The summed E-state index contributed by atoms with van der Waals surface area (Å²) in [6.07, 6.45) is 0.242. The number of rotatable bonds is 2.